The van der Waals surface area contributed by atoms with Crippen molar-refractivity contribution in [2.24, 2.45) is 5.73 Å². The van der Waals surface area contributed by atoms with Crippen molar-refractivity contribution in [1.29, 1.82) is 0 Å². The van der Waals surface area contributed by atoms with Crippen LogP contribution in [0.4, 0.5) is 0 Å². The van der Waals surface area contributed by atoms with Gasteiger partial charge in [0, 0.05) is 13.0 Å². The second-order valence-corrected chi connectivity index (χ2v) is 12.0. The molecule has 0 aliphatic heterocycles. The van der Waals surface area contributed by atoms with Crippen LogP contribution in [0.25, 0.3) is 0 Å². The molecule has 230 valence electrons. The fourth-order valence-electron chi connectivity index (χ4n) is 5.35. The average Bonchev–Trinajstić information content (AvgIpc) is 2.88. The highest BCUT2D eigenvalue weighted by atomic mass is 16.4. The van der Waals surface area contributed by atoms with Crippen molar-refractivity contribution in [1.82, 2.24) is 0 Å². The third-order valence-corrected chi connectivity index (χ3v) is 7.86. The van der Waals surface area contributed by atoms with E-state index >= 15 is 0 Å². The Bertz CT molecular complexity index is 390. The van der Waals surface area contributed by atoms with Crippen LogP contribution in [-0.2, 0) is 4.79 Å². The van der Waals surface area contributed by atoms with Gasteiger partial charge in [-0.05, 0) is 12.8 Å². The summed E-state index contributed by atoms with van der Waals surface area (Å²) in [5.41, 5.74) is 6.37. The van der Waals surface area contributed by atoms with Crippen molar-refractivity contribution in [3.63, 3.8) is 0 Å². The second-order valence-electron chi connectivity index (χ2n) is 12.0. The van der Waals surface area contributed by atoms with Gasteiger partial charge < -0.3 is 10.8 Å². The zero-order valence-corrected chi connectivity index (χ0v) is 26.7. The van der Waals surface area contributed by atoms with E-state index in [1.165, 1.54) is 193 Å². The molecule has 0 saturated carbocycles. The standard InChI is InChI=1S/C33H69N.C2H4O2/c1-3-5-7-9-11-13-15-17-19-21-23-25-27-29-31-33(34)32-30-28-26-24-22-20-18-16-14-12-10-8-6-4-2;1-2(3)4/h33H,3-32,34H2,1-2H3;1H3,(H,3,4). The van der Waals surface area contributed by atoms with E-state index in [9.17, 15) is 0 Å². The van der Waals surface area contributed by atoms with E-state index in [0.29, 0.717) is 6.04 Å². The quantitative estimate of drug-likeness (QED) is 0.0892. The van der Waals surface area contributed by atoms with E-state index in [-0.39, 0.29) is 0 Å². The van der Waals surface area contributed by atoms with Crippen molar-refractivity contribution in [3.05, 3.63) is 0 Å². The number of nitrogens with two attached hydrogens (primary N) is 1. The fraction of sp³-hybridized carbons (Fsp3) is 0.971. The third kappa shape index (κ3) is 42.5. The van der Waals surface area contributed by atoms with Crippen LogP contribution in [0.2, 0.25) is 0 Å². The monoisotopic (exact) mass is 540 g/mol. The Hall–Kier alpha value is -0.570. The summed E-state index contributed by atoms with van der Waals surface area (Å²) in [6.07, 6.45) is 42.9. The first-order valence-corrected chi connectivity index (χ1v) is 17.5. The normalized spacial score (nSPS) is 11.1. The Balaban J connectivity index is 0. The molecule has 0 unspecified atom stereocenters. The molecule has 0 aliphatic carbocycles. The lowest BCUT2D eigenvalue weighted by Gasteiger charge is -2.11. The first-order chi connectivity index (χ1) is 18.5. The highest BCUT2D eigenvalue weighted by Gasteiger charge is 2.02. The first-order valence-electron chi connectivity index (χ1n) is 17.5. The van der Waals surface area contributed by atoms with Gasteiger partial charge in [0.2, 0.25) is 0 Å². The minimum Gasteiger partial charge on any atom is -0.481 e. The molecule has 0 fully saturated rings. The number of hydrogen-bond acceptors (Lipinski definition) is 2. The summed E-state index contributed by atoms with van der Waals surface area (Å²) in [7, 11) is 0. The van der Waals surface area contributed by atoms with Crippen LogP contribution in [-0.4, -0.2) is 17.1 Å². The molecule has 0 aromatic carbocycles. The Morgan fingerprint density at radius 2 is 0.605 bits per heavy atom. The van der Waals surface area contributed by atoms with Gasteiger partial charge in [-0.3, -0.25) is 4.79 Å². The number of carboxylic acids is 1. The molecule has 3 nitrogen and oxygen atoms in total. The molecule has 0 radical (unpaired) electrons. The SMILES string of the molecule is CC(=O)O.CCCCCCCCCCCCCCCCC(N)CCCCCCCCCCCCCCCC. The highest BCUT2D eigenvalue weighted by molar-refractivity contribution is 5.62. The molecule has 0 aromatic heterocycles. The molecule has 0 atom stereocenters. The van der Waals surface area contributed by atoms with E-state index in [4.69, 9.17) is 15.6 Å². The summed E-state index contributed by atoms with van der Waals surface area (Å²) in [6.45, 7) is 5.69. The highest BCUT2D eigenvalue weighted by Crippen LogP contribution is 2.16. The molecule has 38 heavy (non-hydrogen) atoms. The van der Waals surface area contributed by atoms with E-state index < -0.39 is 5.97 Å². The minimum absolute atomic E-state index is 0.467. The van der Waals surface area contributed by atoms with Gasteiger partial charge in [0.25, 0.3) is 5.97 Å². The Morgan fingerprint density at radius 3 is 0.789 bits per heavy atom. The molecule has 0 spiro atoms. The van der Waals surface area contributed by atoms with Crippen LogP contribution in [0, 0.1) is 0 Å². The van der Waals surface area contributed by atoms with Crippen LogP contribution in [0.15, 0.2) is 0 Å². The van der Waals surface area contributed by atoms with Gasteiger partial charge >= 0.3 is 0 Å². The van der Waals surface area contributed by atoms with Crippen LogP contribution in [0.3, 0.4) is 0 Å². The van der Waals surface area contributed by atoms with E-state index in [0.717, 1.165) is 6.92 Å². The summed E-state index contributed by atoms with van der Waals surface area (Å²) in [5.74, 6) is -0.833. The molecule has 0 rings (SSSR count). The Morgan fingerprint density at radius 1 is 0.447 bits per heavy atom. The second kappa shape index (κ2) is 36.4. The van der Waals surface area contributed by atoms with E-state index in [1.54, 1.807) is 0 Å². The minimum atomic E-state index is -0.833. The number of carboxylic acid groups (broad SMARTS) is 1. The molecule has 0 saturated heterocycles. The van der Waals surface area contributed by atoms with Gasteiger partial charge in [-0.15, -0.1) is 0 Å². The van der Waals surface area contributed by atoms with Gasteiger partial charge in [-0.25, -0.2) is 0 Å². The zero-order chi connectivity index (χ0) is 28.4. The van der Waals surface area contributed by atoms with Crippen molar-refractivity contribution in [3.8, 4) is 0 Å². The molecule has 3 N–H and O–H groups in total. The zero-order valence-electron chi connectivity index (χ0n) is 26.7. The number of rotatable bonds is 30. The smallest absolute Gasteiger partial charge is 0.300 e. The van der Waals surface area contributed by atoms with Crippen molar-refractivity contribution >= 4 is 5.97 Å². The fourth-order valence-corrected chi connectivity index (χ4v) is 5.35. The van der Waals surface area contributed by atoms with Crippen LogP contribution in [0.5, 0.6) is 0 Å². The van der Waals surface area contributed by atoms with Crippen molar-refractivity contribution in [2.75, 3.05) is 0 Å². The maximum atomic E-state index is 9.00. The Kier molecular flexibility index (Phi) is 37.9. The maximum Gasteiger partial charge on any atom is 0.300 e. The van der Waals surface area contributed by atoms with Crippen LogP contribution in [0.1, 0.15) is 213 Å². The van der Waals surface area contributed by atoms with Gasteiger partial charge in [0.15, 0.2) is 0 Å². The molecular formula is C35H73NO2. The average molecular weight is 540 g/mol. The van der Waals surface area contributed by atoms with Crippen LogP contribution < -0.4 is 5.73 Å². The van der Waals surface area contributed by atoms with Gasteiger partial charge in [0.05, 0.1) is 0 Å². The summed E-state index contributed by atoms with van der Waals surface area (Å²) < 4.78 is 0. The number of hydrogen-bond donors (Lipinski definition) is 2. The molecule has 0 aromatic rings. The van der Waals surface area contributed by atoms with Crippen molar-refractivity contribution < 1.29 is 9.90 Å². The number of aliphatic carboxylic acids is 1. The third-order valence-electron chi connectivity index (χ3n) is 7.86. The lowest BCUT2D eigenvalue weighted by molar-refractivity contribution is -0.134. The van der Waals surface area contributed by atoms with Gasteiger partial charge in [0.1, 0.15) is 0 Å². The summed E-state index contributed by atoms with van der Waals surface area (Å²) in [4.78, 5) is 9.00. The van der Waals surface area contributed by atoms with E-state index in [2.05, 4.69) is 13.8 Å². The number of unbranched alkanes of at least 4 members (excludes halogenated alkanes) is 26. The Labute approximate surface area is 240 Å². The summed E-state index contributed by atoms with van der Waals surface area (Å²) >= 11 is 0. The van der Waals surface area contributed by atoms with Crippen molar-refractivity contribution in [2.45, 2.75) is 219 Å². The summed E-state index contributed by atoms with van der Waals surface area (Å²) in [5, 5.41) is 7.42. The molecule has 0 aliphatic rings. The predicted octanol–water partition coefficient (Wildman–Crippen LogP) is 12.1. The molecule has 0 bridgehead atoms. The van der Waals surface area contributed by atoms with Crippen LogP contribution >= 0.6 is 0 Å². The first kappa shape index (κ1) is 39.6. The molecule has 3 heteroatoms. The lowest BCUT2D eigenvalue weighted by atomic mass is 10.00. The molecule has 0 heterocycles. The number of carbonyl (C=O) groups is 1. The van der Waals surface area contributed by atoms with Gasteiger partial charge in [-0.2, -0.15) is 0 Å². The lowest BCUT2D eigenvalue weighted by Crippen LogP contribution is -2.19. The summed E-state index contributed by atoms with van der Waals surface area (Å²) in [6, 6.07) is 0.467. The predicted molar refractivity (Wildman–Crippen MR) is 171 cm³/mol. The molecular weight excluding hydrogens is 466 g/mol. The van der Waals surface area contributed by atoms with E-state index in [1.807, 2.05) is 0 Å². The maximum absolute atomic E-state index is 9.00. The van der Waals surface area contributed by atoms with Gasteiger partial charge in [-0.1, -0.05) is 194 Å². The molecule has 0 amide bonds. The largest absolute Gasteiger partial charge is 0.481 e. The topological polar surface area (TPSA) is 63.3 Å².